The Morgan fingerprint density at radius 1 is 1.61 bits per heavy atom. The van der Waals surface area contributed by atoms with Crippen molar-refractivity contribution >= 4 is 17.2 Å². The van der Waals surface area contributed by atoms with E-state index < -0.39 is 0 Å². The number of aromatic nitrogens is 1. The lowest BCUT2D eigenvalue weighted by atomic mass is 10.3. The van der Waals surface area contributed by atoms with Crippen molar-refractivity contribution in [1.29, 1.82) is 0 Å². The summed E-state index contributed by atoms with van der Waals surface area (Å²) in [5, 5.41) is 7.11. The van der Waals surface area contributed by atoms with Crippen molar-refractivity contribution < 1.29 is 9.53 Å². The molecule has 2 N–H and O–H groups in total. The van der Waals surface area contributed by atoms with E-state index in [1.807, 2.05) is 6.92 Å². The van der Waals surface area contributed by atoms with Gasteiger partial charge in [0, 0.05) is 30.9 Å². The number of hydrogen-bond donors (Lipinski definition) is 2. The van der Waals surface area contributed by atoms with Gasteiger partial charge in [-0.05, 0) is 13.8 Å². The predicted octanol–water partition coefficient (Wildman–Crippen LogP) is 0.407. The molecule has 1 aromatic heterocycles. The summed E-state index contributed by atoms with van der Waals surface area (Å²) in [6.07, 6.45) is 0.434. The number of amides is 1. The molecule has 2 rings (SSSR count). The first-order valence-electron chi connectivity index (χ1n) is 6.20. The van der Waals surface area contributed by atoms with Crippen molar-refractivity contribution in [3.05, 3.63) is 15.6 Å². The van der Waals surface area contributed by atoms with Crippen LogP contribution in [0.15, 0.2) is 0 Å². The molecule has 0 radical (unpaired) electrons. The van der Waals surface area contributed by atoms with Crippen molar-refractivity contribution in [2.45, 2.75) is 26.4 Å². The van der Waals surface area contributed by atoms with Gasteiger partial charge in [-0.1, -0.05) is 0 Å². The maximum Gasteiger partial charge on any atom is 0.250 e. The normalized spacial score (nSPS) is 19.8. The van der Waals surface area contributed by atoms with Crippen molar-refractivity contribution in [3.8, 4) is 0 Å². The molecule has 1 saturated heterocycles. The highest BCUT2D eigenvalue weighted by Gasteiger charge is 2.21. The zero-order valence-corrected chi connectivity index (χ0v) is 11.6. The minimum Gasteiger partial charge on any atom is -0.366 e. The van der Waals surface area contributed by atoms with Crippen LogP contribution < -0.4 is 10.6 Å². The second kappa shape index (κ2) is 6.26. The fraction of sp³-hybridized carbons (Fsp3) is 0.667. The third-order valence-electron chi connectivity index (χ3n) is 2.93. The summed E-state index contributed by atoms with van der Waals surface area (Å²) in [5.74, 6) is -0.0350. The molecule has 100 valence electrons. The van der Waals surface area contributed by atoms with Crippen LogP contribution in [0.25, 0.3) is 0 Å². The van der Waals surface area contributed by atoms with Gasteiger partial charge in [-0.2, -0.15) is 0 Å². The van der Waals surface area contributed by atoms with Crippen molar-refractivity contribution in [2.75, 3.05) is 26.2 Å². The summed E-state index contributed by atoms with van der Waals surface area (Å²) in [6.45, 7) is 6.71. The van der Waals surface area contributed by atoms with E-state index >= 15 is 0 Å². The SMILES string of the molecule is Cc1nc(CCNC(=O)C2CNCCO2)sc1C. The molecule has 0 saturated carbocycles. The largest absolute Gasteiger partial charge is 0.366 e. The first-order chi connectivity index (χ1) is 8.66. The van der Waals surface area contributed by atoms with Gasteiger partial charge in [0.05, 0.1) is 17.3 Å². The standard InChI is InChI=1S/C12H19N3O2S/c1-8-9(2)18-11(15-8)3-4-14-12(16)10-7-13-5-6-17-10/h10,13H,3-7H2,1-2H3,(H,14,16). The summed E-state index contributed by atoms with van der Waals surface area (Å²) < 4.78 is 5.38. The molecule has 1 fully saturated rings. The molecule has 0 bridgehead atoms. The van der Waals surface area contributed by atoms with Gasteiger partial charge in [0.2, 0.25) is 5.91 Å². The Hall–Kier alpha value is -0.980. The number of morpholine rings is 1. The van der Waals surface area contributed by atoms with Gasteiger partial charge in [0.1, 0.15) is 6.10 Å². The van der Waals surface area contributed by atoms with Gasteiger partial charge < -0.3 is 15.4 Å². The van der Waals surface area contributed by atoms with Gasteiger partial charge in [0.15, 0.2) is 0 Å². The van der Waals surface area contributed by atoms with Gasteiger partial charge in [-0.15, -0.1) is 11.3 Å². The summed E-state index contributed by atoms with van der Waals surface area (Å²) in [6, 6.07) is 0. The molecule has 5 nitrogen and oxygen atoms in total. The highest BCUT2D eigenvalue weighted by atomic mass is 32.1. The molecule has 1 aromatic rings. The van der Waals surface area contributed by atoms with Crippen LogP contribution in [0.3, 0.4) is 0 Å². The van der Waals surface area contributed by atoms with E-state index in [0.29, 0.717) is 19.7 Å². The van der Waals surface area contributed by atoms with Crippen molar-refractivity contribution in [2.24, 2.45) is 0 Å². The first kappa shape index (κ1) is 13.5. The molecule has 1 amide bonds. The Labute approximate surface area is 111 Å². The molecule has 18 heavy (non-hydrogen) atoms. The molecule has 1 atom stereocenters. The number of ether oxygens (including phenoxy) is 1. The number of nitrogens with zero attached hydrogens (tertiary/aromatic N) is 1. The lowest BCUT2D eigenvalue weighted by molar-refractivity contribution is -0.134. The van der Waals surface area contributed by atoms with Crippen LogP contribution in [0.2, 0.25) is 0 Å². The Kier molecular flexibility index (Phi) is 4.68. The van der Waals surface area contributed by atoms with Crippen LogP contribution in [0.5, 0.6) is 0 Å². The molecule has 0 spiro atoms. The maximum atomic E-state index is 11.8. The molecule has 1 unspecified atom stereocenters. The zero-order chi connectivity index (χ0) is 13.0. The van der Waals surface area contributed by atoms with Crippen molar-refractivity contribution in [3.63, 3.8) is 0 Å². The number of rotatable bonds is 4. The minimum absolute atomic E-state index is 0.0350. The van der Waals surface area contributed by atoms with Gasteiger partial charge >= 0.3 is 0 Å². The molecule has 1 aliphatic heterocycles. The van der Waals surface area contributed by atoms with Crippen molar-refractivity contribution in [1.82, 2.24) is 15.6 Å². The molecule has 0 aliphatic carbocycles. The fourth-order valence-corrected chi connectivity index (χ4v) is 2.72. The van der Waals surface area contributed by atoms with Crippen LogP contribution >= 0.6 is 11.3 Å². The lowest BCUT2D eigenvalue weighted by Gasteiger charge is -2.22. The van der Waals surface area contributed by atoms with Gasteiger partial charge in [0.25, 0.3) is 0 Å². The van der Waals surface area contributed by atoms with E-state index in [2.05, 4.69) is 22.5 Å². The number of hydrogen-bond acceptors (Lipinski definition) is 5. The number of thiazole rings is 1. The summed E-state index contributed by atoms with van der Waals surface area (Å²) in [4.78, 5) is 17.5. The second-order valence-electron chi connectivity index (χ2n) is 4.35. The minimum atomic E-state index is -0.349. The molecule has 6 heteroatoms. The van der Waals surface area contributed by atoms with E-state index in [0.717, 1.165) is 23.7 Å². The molecule has 0 aromatic carbocycles. The van der Waals surface area contributed by atoms with Crippen LogP contribution in [0, 0.1) is 13.8 Å². The quantitative estimate of drug-likeness (QED) is 0.831. The van der Waals surface area contributed by atoms with E-state index in [-0.39, 0.29) is 12.0 Å². The first-order valence-corrected chi connectivity index (χ1v) is 7.01. The monoisotopic (exact) mass is 269 g/mol. The highest BCUT2D eigenvalue weighted by Crippen LogP contribution is 2.16. The van der Waals surface area contributed by atoms with E-state index in [1.165, 1.54) is 4.88 Å². The predicted molar refractivity (Wildman–Crippen MR) is 70.9 cm³/mol. The lowest BCUT2D eigenvalue weighted by Crippen LogP contribution is -2.48. The Bertz CT molecular complexity index is 394. The Balaban J connectivity index is 1.72. The van der Waals surface area contributed by atoms with Crippen LogP contribution in [0.4, 0.5) is 0 Å². The fourth-order valence-electron chi connectivity index (χ4n) is 1.79. The van der Waals surface area contributed by atoms with Gasteiger partial charge in [-0.25, -0.2) is 4.98 Å². The average Bonchev–Trinajstić information content (AvgIpc) is 2.69. The number of aryl methyl sites for hydroxylation is 2. The molecule has 2 heterocycles. The Morgan fingerprint density at radius 2 is 2.44 bits per heavy atom. The number of carbonyl (C=O) groups excluding carboxylic acids is 1. The third kappa shape index (κ3) is 3.51. The summed E-state index contributed by atoms with van der Waals surface area (Å²) >= 11 is 1.70. The molecule has 1 aliphatic rings. The number of carbonyl (C=O) groups is 1. The van der Waals surface area contributed by atoms with Crippen LogP contribution in [-0.4, -0.2) is 43.2 Å². The average molecular weight is 269 g/mol. The van der Waals surface area contributed by atoms with E-state index in [9.17, 15) is 4.79 Å². The maximum absolute atomic E-state index is 11.8. The van der Waals surface area contributed by atoms with E-state index in [1.54, 1.807) is 11.3 Å². The van der Waals surface area contributed by atoms with Crippen LogP contribution in [-0.2, 0) is 16.0 Å². The molecular formula is C12H19N3O2S. The zero-order valence-electron chi connectivity index (χ0n) is 10.8. The Morgan fingerprint density at radius 3 is 3.06 bits per heavy atom. The van der Waals surface area contributed by atoms with E-state index in [4.69, 9.17) is 4.74 Å². The van der Waals surface area contributed by atoms with Gasteiger partial charge in [-0.3, -0.25) is 4.79 Å². The smallest absolute Gasteiger partial charge is 0.250 e. The summed E-state index contributed by atoms with van der Waals surface area (Å²) in [7, 11) is 0. The highest BCUT2D eigenvalue weighted by molar-refractivity contribution is 7.11. The summed E-state index contributed by atoms with van der Waals surface area (Å²) in [5.41, 5.74) is 1.08. The third-order valence-corrected chi connectivity index (χ3v) is 4.06. The van der Waals surface area contributed by atoms with Crippen LogP contribution in [0.1, 0.15) is 15.6 Å². The second-order valence-corrected chi connectivity index (χ2v) is 5.64. The number of nitrogens with one attached hydrogen (secondary N) is 2. The molecular weight excluding hydrogens is 250 g/mol. The topological polar surface area (TPSA) is 63.2 Å².